The number of ketones is 1. The third-order valence-corrected chi connectivity index (χ3v) is 11.5. The van der Waals surface area contributed by atoms with Crippen LogP contribution in [0.4, 0.5) is 101 Å². The average Bonchev–Trinajstić information content (AvgIpc) is 3.26. The molecule has 0 atom stereocenters. The zero-order chi connectivity index (χ0) is 49.5. The Morgan fingerprint density at radius 2 is 0.615 bits per heavy atom. The van der Waals surface area contributed by atoms with Crippen molar-refractivity contribution in [1.82, 2.24) is 0 Å². The minimum Gasteiger partial charge on any atom is -0.391 e. The van der Waals surface area contributed by atoms with Crippen LogP contribution in [0.2, 0.25) is 0 Å². The van der Waals surface area contributed by atoms with E-state index in [1.807, 2.05) is 0 Å². The van der Waals surface area contributed by atoms with Gasteiger partial charge in [0.25, 0.3) is 0 Å². The molecule has 65 heavy (non-hydrogen) atoms. The summed E-state index contributed by atoms with van der Waals surface area (Å²) in [5.41, 5.74) is -14.9. The number of hydrogen-bond acceptors (Lipinski definition) is 3. The fourth-order valence-electron chi connectivity index (χ4n) is 6.49. The predicted molar refractivity (Wildman–Crippen MR) is 181 cm³/mol. The van der Waals surface area contributed by atoms with E-state index in [-0.39, 0.29) is 30.3 Å². The quantitative estimate of drug-likeness (QED) is 0.0364. The number of alkyl halides is 3. The highest BCUT2D eigenvalue weighted by molar-refractivity contribution is 7.97. The summed E-state index contributed by atoms with van der Waals surface area (Å²) in [7, 11) is -0.449. The number of benzene rings is 5. The first-order chi connectivity index (χ1) is 30.1. The van der Waals surface area contributed by atoms with Crippen molar-refractivity contribution in [1.29, 1.82) is 0 Å². The second-order valence-corrected chi connectivity index (χ2v) is 15.2. The van der Waals surface area contributed by atoms with E-state index in [0.717, 1.165) is 24.3 Å². The molecule has 0 saturated heterocycles. The molecule has 0 aromatic heterocycles. The number of hydrogen-bond donors (Lipinski definition) is 2. The van der Waals surface area contributed by atoms with E-state index in [4.69, 9.17) is 10.2 Å². The molecule has 5 aromatic carbocycles. The summed E-state index contributed by atoms with van der Waals surface area (Å²) in [5, 5.41) is 17.7. The third-order valence-electron chi connectivity index (χ3n) is 9.34. The van der Waals surface area contributed by atoms with Crippen molar-refractivity contribution in [3.8, 4) is 0 Å². The number of Topliss-reactive ketones (excluding diaryl/α,β-unsaturated/α-hetero) is 1. The normalized spacial score (nSPS) is 12.0. The molecule has 0 amide bonds. The van der Waals surface area contributed by atoms with Crippen molar-refractivity contribution >= 4 is 44.7 Å². The first kappa shape index (κ1) is 52.1. The summed E-state index contributed by atoms with van der Waals surface area (Å²) in [4.78, 5) is 11.9. The van der Waals surface area contributed by atoms with Crippen LogP contribution in [0.3, 0.4) is 0 Å². The van der Waals surface area contributed by atoms with Crippen molar-refractivity contribution in [3.63, 3.8) is 0 Å². The molecule has 0 radical (unpaired) electrons. The predicted octanol–water partition coefficient (Wildman–Crippen LogP) is 7.34. The molecule has 0 unspecified atom stereocenters. The average molecular weight is 988 g/mol. The molecule has 2 N–H and O–H groups in total. The molecule has 3 nitrogen and oxygen atoms in total. The van der Waals surface area contributed by atoms with Gasteiger partial charge in [0.15, 0.2) is 75.6 Å². The largest absolute Gasteiger partial charge is 0.416 e. The van der Waals surface area contributed by atoms with Crippen LogP contribution < -0.4 is 21.9 Å². The van der Waals surface area contributed by atoms with Crippen molar-refractivity contribution in [2.75, 3.05) is 30.5 Å². The summed E-state index contributed by atoms with van der Waals surface area (Å²) in [5.74, 6) is -70.7. The highest BCUT2D eigenvalue weighted by atomic mass is 32.2. The number of halogens is 23. The number of rotatable bonds is 11. The van der Waals surface area contributed by atoms with Crippen molar-refractivity contribution < 1.29 is 116 Å². The molecule has 0 aliphatic carbocycles. The highest BCUT2D eigenvalue weighted by Crippen LogP contribution is 2.32. The monoisotopic (exact) mass is 988 g/mol. The second kappa shape index (κ2) is 19.5. The standard InChI is InChI=1S/C24BF20.C13H16F3O3S/c26-5-1(6(27)14(35)21(42)13(5)34)25(2-7(28)15(36)22(43)16(37)8(2)29,3-9(30)17(38)23(44)18(39)10(3)31)4-11(32)19(40)24(45)20(41)12(4)33;14-13(15,16)11-3-1-10(2-4-11)12(19)9-20(7-5-17)8-6-18/h;1-4,17-18H,5-9H2/q-1;+1. The minimum atomic E-state index is -7.22. The van der Waals surface area contributed by atoms with Gasteiger partial charge in [0.1, 0.15) is 64.2 Å². The van der Waals surface area contributed by atoms with Gasteiger partial charge in [-0.05, 0) is 12.1 Å². The minimum absolute atomic E-state index is 0.0800. The molecular formula is C37H16BF23O3S. The Labute approximate surface area is 349 Å². The Bertz CT molecular complexity index is 2290. The molecule has 5 aromatic rings. The Morgan fingerprint density at radius 1 is 0.400 bits per heavy atom. The summed E-state index contributed by atoms with van der Waals surface area (Å²) in [6.07, 6.45) is -11.6. The summed E-state index contributed by atoms with van der Waals surface area (Å²) in [6, 6.07) is 4.07. The maximum atomic E-state index is 15.4. The van der Waals surface area contributed by atoms with Crippen LogP contribution in [0.25, 0.3) is 0 Å². The lowest BCUT2D eigenvalue weighted by Crippen LogP contribution is -2.81. The van der Waals surface area contributed by atoms with E-state index in [9.17, 15) is 70.7 Å². The van der Waals surface area contributed by atoms with Gasteiger partial charge >= 0.3 is 6.18 Å². The fraction of sp³-hybridized carbons (Fsp3) is 0.162. The van der Waals surface area contributed by atoms with Crippen molar-refractivity contribution in [3.05, 3.63) is 152 Å². The number of aliphatic hydroxyl groups is 2. The molecule has 0 aliphatic heterocycles. The van der Waals surface area contributed by atoms with Crippen LogP contribution in [-0.2, 0) is 17.1 Å². The van der Waals surface area contributed by atoms with Crippen molar-refractivity contribution in [2.24, 2.45) is 0 Å². The van der Waals surface area contributed by atoms with Gasteiger partial charge in [0.2, 0.25) is 5.78 Å². The van der Waals surface area contributed by atoms with Gasteiger partial charge in [-0.25, -0.2) is 87.8 Å². The van der Waals surface area contributed by atoms with E-state index < -0.39 is 167 Å². The van der Waals surface area contributed by atoms with Gasteiger partial charge in [0.05, 0.1) is 18.8 Å². The molecular weight excluding hydrogens is 972 g/mol. The molecule has 0 saturated carbocycles. The number of carbonyl (C=O) groups excluding carboxylic acids is 1. The van der Waals surface area contributed by atoms with Crippen LogP contribution in [0.15, 0.2) is 24.3 Å². The van der Waals surface area contributed by atoms with Gasteiger partial charge in [-0.3, -0.25) is 4.79 Å². The van der Waals surface area contributed by atoms with E-state index >= 15 is 35.1 Å². The lowest BCUT2D eigenvalue weighted by atomic mass is 9.12. The maximum Gasteiger partial charge on any atom is 0.416 e. The van der Waals surface area contributed by atoms with Gasteiger partial charge in [-0.2, -0.15) is 13.2 Å². The molecule has 28 heteroatoms. The van der Waals surface area contributed by atoms with E-state index in [0.29, 0.717) is 11.5 Å². The molecule has 5 rings (SSSR count). The zero-order valence-corrected chi connectivity index (χ0v) is 31.6. The Balaban J connectivity index is 0.000000387. The Kier molecular flexibility index (Phi) is 15.7. The first-order valence-electron chi connectivity index (χ1n) is 16.9. The number of aliphatic hydroxyl groups excluding tert-OH is 2. The topological polar surface area (TPSA) is 57.5 Å². The third kappa shape index (κ3) is 8.94. The highest BCUT2D eigenvalue weighted by Gasteiger charge is 2.52. The molecule has 352 valence electrons. The van der Waals surface area contributed by atoms with Gasteiger partial charge in [-0.1, -0.05) is 12.1 Å². The summed E-state index contributed by atoms with van der Waals surface area (Å²) < 4.78 is 331. The lowest BCUT2D eigenvalue weighted by Gasteiger charge is -2.44. The van der Waals surface area contributed by atoms with Crippen LogP contribution in [0, 0.1) is 116 Å². The molecule has 0 aliphatic rings. The zero-order valence-electron chi connectivity index (χ0n) is 30.8. The van der Waals surface area contributed by atoms with Crippen LogP contribution in [-0.4, -0.2) is 52.6 Å². The fourth-order valence-corrected chi connectivity index (χ4v) is 8.04. The molecule has 0 fully saturated rings. The molecule has 0 spiro atoms. The van der Waals surface area contributed by atoms with Crippen molar-refractivity contribution in [2.45, 2.75) is 6.18 Å². The molecule has 0 bridgehead atoms. The lowest BCUT2D eigenvalue weighted by molar-refractivity contribution is -0.137. The van der Waals surface area contributed by atoms with Crippen LogP contribution in [0.1, 0.15) is 15.9 Å². The number of carbonyl (C=O) groups is 1. The van der Waals surface area contributed by atoms with E-state index in [1.54, 1.807) is 0 Å². The second-order valence-electron chi connectivity index (χ2n) is 12.9. The van der Waals surface area contributed by atoms with Gasteiger partial charge < -0.3 is 10.2 Å². The van der Waals surface area contributed by atoms with Gasteiger partial charge in [-0.15, -0.1) is 21.9 Å². The first-order valence-corrected chi connectivity index (χ1v) is 18.6. The Morgan fingerprint density at radius 3 is 0.815 bits per heavy atom. The maximum absolute atomic E-state index is 15.4. The van der Waals surface area contributed by atoms with E-state index in [2.05, 4.69) is 0 Å². The summed E-state index contributed by atoms with van der Waals surface area (Å²) >= 11 is 0. The Hall–Kier alpha value is -5.51. The SMILES string of the molecule is Fc1c(F)c(F)c([B-](c2c(F)c(F)c(F)c(F)c2F)(c2c(F)c(F)c(F)c(F)c2F)c2c(F)c(F)c(F)c(F)c2F)c(F)c1F.O=C(C[S+](CCO)CCO)c1ccc(C(F)(F)F)cc1. The van der Waals surface area contributed by atoms with Gasteiger partial charge in [0, 0.05) is 16.5 Å². The van der Waals surface area contributed by atoms with Crippen LogP contribution in [0.5, 0.6) is 0 Å². The molecule has 0 heterocycles. The van der Waals surface area contributed by atoms with E-state index in [1.165, 1.54) is 0 Å². The smallest absolute Gasteiger partial charge is 0.391 e. The van der Waals surface area contributed by atoms with Crippen LogP contribution >= 0.6 is 0 Å². The summed E-state index contributed by atoms with van der Waals surface area (Å²) in [6.45, 7) is -0.160.